The highest BCUT2D eigenvalue weighted by atomic mass is 28.4. The first-order valence-corrected chi connectivity index (χ1v) is 23.6. The van der Waals surface area contributed by atoms with Crippen molar-refractivity contribution < 1.29 is 14.0 Å². The van der Waals surface area contributed by atoms with Gasteiger partial charge in [-0.1, -0.05) is 104 Å². The minimum absolute atomic E-state index is 0.0217. The molecule has 4 aliphatic carbocycles. The standard InChI is InChI=1S/C38H68O3Si2/c1-15-28(39)18-16-26(2)31-20-21-32-30-19-17-27-24-29(40-42(11,12)35(3,4)5)25-34(41-43(13,14)36(6,7)8)38(27,10)33(30)22-23-37(31,32)9/h17,19-20,26,28-29,32-34,39H,15-16,18,21-25H2,1-14H3/t26?,28-,29+,32-,33-,34-,37+,38-/m0/s1. The molecule has 0 aromatic carbocycles. The van der Waals surface area contributed by atoms with Gasteiger partial charge in [0, 0.05) is 5.41 Å². The third kappa shape index (κ3) is 6.42. The lowest BCUT2D eigenvalue weighted by atomic mass is 9.49. The molecule has 2 fully saturated rings. The molecule has 4 aliphatic rings. The zero-order valence-corrected chi connectivity index (χ0v) is 32.6. The van der Waals surface area contributed by atoms with Crippen LogP contribution in [0.4, 0.5) is 0 Å². The van der Waals surface area contributed by atoms with Crippen LogP contribution < -0.4 is 0 Å². The van der Waals surface area contributed by atoms with Crippen molar-refractivity contribution in [1.82, 2.24) is 0 Å². The quantitative estimate of drug-likeness (QED) is 0.204. The lowest BCUT2D eigenvalue weighted by Gasteiger charge is -2.59. The van der Waals surface area contributed by atoms with Crippen molar-refractivity contribution in [3.8, 4) is 0 Å². The molecule has 8 atom stereocenters. The predicted octanol–water partition coefficient (Wildman–Crippen LogP) is 11.0. The Morgan fingerprint density at radius 3 is 2.12 bits per heavy atom. The minimum Gasteiger partial charge on any atom is -0.414 e. The number of rotatable bonds is 9. The fourth-order valence-electron chi connectivity index (χ4n) is 8.58. The van der Waals surface area contributed by atoms with Gasteiger partial charge in [-0.3, -0.25) is 0 Å². The van der Waals surface area contributed by atoms with Crippen molar-refractivity contribution in [2.75, 3.05) is 0 Å². The molecule has 0 aromatic rings. The van der Waals surface area contributed by atoms with Crippen LogP contribution in [0.15, 0.2) is 34.9 Å². The maximum atomic E-state index is 10.3. The Labute approximate surface area is 268 Å². The van der Waals surface area contributed by atoms with Gasteiger partial charge in [-0.15, -0.1) is 0 Å². The molecule has 0 heterocycles. The summed E-state index contributed by atoms with van der Waals surface area (Å²) in [6.07, 6.45) is 16.5. The molecular weight excluding hydrogens is 561 g/mol. The van der Waals surface area contributed by atoms with Crippen LogP contribution >= 0.6 is 0 Å². The van der Waals surface area contributed by atoms with Gasteiger partial charge in [-0.25, -0.2) is 0 Å². The summed E-state index contributed by atoms with van der Waals surface area (Å²) in [5.74, 6) is 1.67. The first kappa shape index (κ1) is 35.4. The molecular formula is C38H68O3Si2. The Morgan fingerprint density at radius 1 is 0.930 bits per heavy atom. The molecule has 3 nitrogen and oxygen atoms in total. The predicted molar refractivity (Wildman–Crippen MR) is 189 cm³/mol. The van der Waals surface area contributed by atoms with Crippen LogP contribution in [0, 0.1) is 28.6 Å². The Kier molecular flexibility index (Phi) is 9.84. The number of aliphatic hydroxyl groups excluding tert-OH is 1. The van der Waals surface area contributed by atoms with E-state index in [-0.39, 0.29) is 39.2 Å². The summed E-state index contributed by atoms with van der Waals surface area (Å²) >= 11 is 0. The molecule has 2 saturated carbocycles. The summed E-state index contributed by atoms with van der Waals surface area (Å²) in [7, 11) is -3.91. The highest BCUT2D eigenvalue weighted by Crippen LogP contribution is 2.65. The molecule has 246 valence electrons. The summed E-state index contributed by atoms with van der Waals surface area (Å²) in [5.41, 5.74) is 5.20. The average molecular weight is 629 g/mol. The Bertz CT molecular complexity index is 1120. The van der Waals surface area contributed by atoms with Gasteiger partial charge in [0.1, 0.15) is 0 Å². The van der Waals surface area contributed by atoms with Crippen LogP contribution in [0.25, 0.3) is 0 Å². The third-order valence-electron chi connectivity index (χ3n) is 13.7. The van der Waals surface area contributed by atoms with Crippen LogP contribution in [-0.4, -0.2) is 40.1 Å². The zero-order valence-electron chi connectivity index (χ0n) is 30.6. The SMILES string of the molecule is CC[C@H](O)CCC(C)C1=CC[C@H]2C3=CC=C4C[C@@H](O[Si](C)(C)C(C)(C)C)C[C@H](O[Si](C)(C)C(C)(C)C)[C@]4(C)[C@H]3CC[C@]12C. The topological polar surface area (TPSA) is 38.7 Å². The molecule has 5 heteroatoms. The van der Waals surface area contributed by atoms with Gasteiger partial charge in [0.15, 0.2) is 16.6 Å². The molecule has 43 heavy (non-hydrogen) atoms. The molecule has 1 N–H and O–H groups in total. The number of hydrogen-bond donors (Lipinski definition) is 1. The molecule has 0 saturated heterocycles. The van der Waals surface area contributed by atoms with Gasteiger partial charge in [0.05, 0.1) is 18.3 Å². The zero-order chi connectivity index (χ0) is 32.4. The third-order valence-corrected chi connectivity index (χ3v) is 22.7. The van der Waals surface area contributed by atoms with Crippen LogP contribution in [0.2, 0.25) is 36.3 Å². The molecule has 0 spiro atoms. The minimum atomic E-state index is -2.01. The molecule has 0 aromatic heterocycles. The Hall–Kier alpha value is -0.466. The monoisotopic (exact) mass is 628 g/mol. The summed E-state index contributed by atoms with van der Waals surface area (Å²) in [6.45, 7) is 33.6. The first-order chi connectivity index (χ1) is 19.6. The van der Waals surface area contributed by atoms with E-state index in [0.717, 1.165) is 32.1 Å². The Morgan fingerprint density at radius 2 is 1.53 bits per heavy atom. The summed E-state index contributed by atoms with van der Waals surface area (Å²) in [6, 6.07) is 0. The summed E-state index contributed by atoms with van der Waals surface area (Å²) in [5, 5.41) is 10.6. The van der Waals surface area contributed by atoms with E-state index in [1.54, 1.807) is 16.7 Å². The van der Waals surface area contributed by atoms with E-state index < -0.39 is 16.6 Å². The number of hydrogen-bond acceptors (Lipinski definition) is 3. The van der Waals surface area contributed by atoms with E-state index in [1.165, 1.54) is 19.3 Å². The average Bonchev–Trinajstić information content (AvgIpc) is 3.23. The van der Waals surface area contributed by atoms with Gasteiger partial charge < -0.3 is 14.0 Å². The molecule has 0 radical (unpaired) electrons. The van der Waals surface area contributed by atoms with Gasteiger partial charge in [-0.05, 0) is 111 Å². The highest BCUT2D eigenvalue weighted by molar-refractivity contribution is 6.74. The van der Waals surface area contributed by atoms with Crippen molar-refractivity contribution in [3.63, 3.8) is 0 Å². The van der Waals surface area contributed by atoms with Crippen LogP contribution in [0.1, 0.15) is 121 Å². The largest absolute Gasteiger partial charge is 0.414 e. The van der Waals surface area contributed by atoms with E-state index in [2.05, 4.69) is 114 Å². The van der Waals surface area contributed by atoms with Crippen LogP contribution in [-0.2, 0) is 8.85 Å². The van der Waals surface area contributed by atoms with Gasteiger partial charge >= 0.3 is 0 Å². The van der Waals surface area contributed by atoms with Gasteiger partial charge in [-0.2, -0.15) is 0 Å². The van der Waals surface area contributed by atoms with Crippen molar-refractivity contribution in [2.24, 2.45) is 28.6 Å². The first-order valence-electron chi connectivity index (χ1n) is 17.7. The Balaban J connectivity index is 1.68. The number of aliphatic hydroxyl groups is 1. The lowest BCUT2D eigenvalue weighted by molar-refractivity contribution is -0.0389. The normalized spacial score (nSPS) is 34.8. The molecule has 4 rings (SSSR count). The van der Waals surface area contributed by atoms with Gasteiger partial charge in [0.25, 0.3) is 0 Å². The van der Waals surface area contributed by atoms with E-state index in [9.17, 15) is 5.11 Å². The second-order valence-corrected chi connectivity index (χ2v) is 28.0. The molecule has 0 amide bonds. The van der Waals surface area contributed by atoms with Crippen molar-refractivity contribution in [2.45, 2.75) is 175 Å². The lowest BCUT2D eigenvalue weighted by Crippen LogP contribution is -2.58. The van der Waals surface area contributed by atoms with E-state index in [0.29, 0.717) is 17.8 Å². The number of allylic oxidation sites excluding steroid dienone is 5. The highest BCUT2D eigenvalue weighted by Gasteiger charge is 2.59. The smallest absolute Gasteiger partial charge is 0.192 e. The fraction of sp³-hybridized carbons (Fsp3) is 0.842. The second-order valence-electron chi connectivity index (χ2n) is 18.4. The fourth-order valence-corrected chi connectivity index (χ4v) is 11.3. The maximum Gasteiger partial charge on any atom is 0.192 e. The second kappa shape index (κ2) is 12.0. The molecule has 0 bridgehead atoms. The van der Waals surface area contributed by atoms with Crippen LogP contribution in [0.3, 0.4) is 0 Å². The molecule has 0 aliphatic heterocycles. The number of fused-ring (bicyclic) bond motifs is 5. The van der Waals surface area contributed by atoms with Crippen LogP contribution in [0.5, 0.6) is 0 Å². The molecule has 1 unspecified atom stereocenters. The van der Waals surface area contributed by atoms with Crippen molar-refractivity contribution >= 4 is 16.6 Å². The van der Waals surface area contributed by atoms with Crippen molar-refractivity contribution in [1.29, 1.82) is 0 Å². The van der Waals surface area contributed by atoms with Crippen molar-refractivity contribution in [3.05, 3.63) is 34.9 Å². The van der Waals surface area contributed by atoms with Gasteiger partial charge in [0.2, 0.25) is 0 Å². The van der Waals surface area contributed by atoms with E-state index >= 15 is 0 Å². The summed E-state index contributed by atoms with van der Waals surface area (Å²) in [4.78, 5) is 0. The summed E-state index contributed by atoms with van der Waals surface area (Å²) < 4.78 is 14.7. The maximum absolute atomic E-state index is 10.3. The van der Waals surface area contributed by atoms with E-state index in [1.807, 2.05) is 0 Å². The van der Waals surface area contributed by atoms with E-state index in [4.69, 9.17) is 8.85 Å².